The van der Waals surface area contributed by atoms with Gasteiger partial charge in [-0.05, 0) is 53.0 Å². The van der Waals surface area contributed by atoms with Gasteiger partial charge in [0.25, 0.3) is 5.91 Å². The molecule has 0 spiro atoms. The van der Waals surface area contributed by atoms with Crippen molar-refractivity contribution < 1.29 is 9.21 Å². The van der Waals surface area contributed by atoms with Crippen LogP contribution in [0, 0.1) is 0 Å². The number of fused-ring (bicyclic) bond motifs is 1. The van der Waals surface area contributed by atoms with Crippen LogP contribution in [-0.2, 0) is 0 Å². The summed E-state index contributed by atoms with van der Waals surface area (Å²) in [6.45, 7) is 1.23. The lowest BCUT2D eigenvalue weighted by atomic mass is 9.96. The van der Waals surface area contributed by atoms with Gasteiger partial charge in [0.05, 0.1) is 5.56 Å². The van der Waals surface area contributed by atoms with E-state index in [0.29, 0.717) is 29.6 Å². The molecule has 2 aromatic heterocycles. The van der Waals surface area contributed by atoms with E-state index in [9.17, 15) is 4.79 Å². The molecule has 134 valence electrons. The molecule has 3 heterocycles. The van der Waals surface area contributed by atoms with Crippen molar-refractivity contribution in [2.24, 2.45) is 0 Å². The first-order valence-electron chi connectivity index (χ1n) is 8.17. The highest BCUT2D eigenvalue weighted by Gasteiger charge is 2.28. The monoisotopic (exact) mass is 453 g/mol. The van der Waals surface area contributed by atoms with Gasteiger partial charge in [0.1, 0.15) is 10.7 Å². The predicted octanol–water partition coefficient (Wildman–Crippen LogP) is 5.31. The summed E-state index contributed by atoms with van der Waals surface area (Å²) in [6.07, 6.45) is 3.14. The summed E-state index contributed by atoms with van der Waals surface area (Å²) in [5.74, 6) is 0.782. The third-order valence-electron chi connectivity index (χ3n) is 4.53. The minimum absolute atomic E-state index is 0.105. The van der Waals surface area contributed by atoms with Crippen molar-refractivity contribution in [1.29, 1.82) is 0 Å². The van der Waals surface area contributed by atoms with Crippen LogP contribution >= 0.6 is 39.1 Å². The maximum absolute atomic E-state index is 12.7. The molecule has 3 aromatic rings. The van der Waals surface area contributed by atoms with Crippen molar-refractivity contribution in [2.45, 2.75) is 18.8 Å². The van der Waals surface area contributed by atoms with Crippen molar-refractivity contribution in [2.75, 3.05) is 13.1 Å². The van der Waals surface area contributed by atoms with Gasteiger partial charge in [-0.25, -0.2) is 9.97 Å². The van der Waals surface area contributed by atoms with Crippen molar-refractivity contribution in [3.8, 4) is 0 Å². The molecule has 0 atom stereocenters. The lowest BCUT2D eigenvalue weighted by Crippen LogP contribution is -2.38. The number of carbonyl (C=O) groups is 1. The maximum atomic E-state index is 12.7. The summed E-state index contributed by atoms with van der Waals surface area (Å²) in [5.41, 5.74) is 1.91. The van der Waals surface area contributed by atoms with Gasteiger partial charge in [0, 0.05) is 34.7 Å². The summed E-state index contributed by atoms with van der Waals surface area (Å²) >= 11 is 15.4. The Morgan fingerprint density at radius 1 is 1.23 bits per heavy atom. The molecule has 1 amide bonds. The molecule has 0 N–H and O–H groups in total. The molecule has 4 rings (SSSR count). The maximum Gasteiger partial charge on any atom is 0.257 e. The van der Waals surface area contributed by atoms with Crippen LogP contribution in [0.2, 0.25) is 10.2 Å². The molecule has 0 radical (unpaired) electrons. The number of halogens is 3. The molecule has 0 aliphatic carbocycles. The Labute approximate surface area is 168 Å². The zero-order valence-corrected chi connectivity index (χ0v) is 16.7. The van der Waals surface area contributed by atoms with Gasteiger partial charge in [-0.1, -0.05) is 23.2 Å². The van der Waals surface area contributed by atoms with Gasteiger partial charge in [0.2, 0.25) is 0 Å². The molecular weight excluding hydrogens is 441 g/mol. The number of nitrogens with zero attached hydrogens (tertiary/aromatic N) is 3. The lowest BCUT2D eigenvalue weighted by Gasteiger charge is -2.30. The molecule has 1 saturated heterocycles. The van der Waals surface area contributed by atoms with Crippen LogP contribution in [0.15, 0.2) is 39.4 Å². The van der Waals surface area contributed by atoms with Crippen LogP contribution in [0.5, 0.6) is 0 Å². The zero-order chi connectivity index (χ0) is 18.3. The number of amides is 1. The van der Waals surface area contributed by atoms with E-state index in [1.807, 2.05) is 6.07 Å². The van der Waals surface area contributed by atoms with Gasteiger partial charge >= 0.3 is 0 Å². The second-order valence-electron chi connectivity index (χ2n) is 6.22. The highest BCUT2D eigenvalue weighted by molar-refractivity contribution is 9.10. The fourth-order valence-corrected chi connectivity index (χ4v) is 3.85. The number of aromatic nitrogens is 2. The Morgan fingerprint density at radius 3 is 2.77 bits per heavy atom. The quantitative estimate of drug-likeness (QED) is 0.492. The van der Waals surface area contributed by atoms with Crippen LogP contribution < -0.4 is 0 Å². The first-order chi connectivity index (χ1) is 12.5. The third-order valence-corrected chi connectivity index (χ3v) is 5.50. The zero-order valence-electron chi connectivity index (χ0n) is 13.6. The number of likely N-dealkylation sites (tertiary alicyclic amines) is 1. The molecule has 8 heteroatoms. The second kappa shape index (κ2) is 7.18. The number of hydrogen-bond acceptors (Lipinski definition) is 4. The molecule has 26 heavy (non-hydrogen) atoms. The fraction of sp³-hybridized carbons (Fsp3) is 0.278. The minimum atomic E-state index is -0.105. The van der Waals surface area contributed by atoms with Crippen molar-refractivity contribution in [3.05, 3.63) is 56.6 Å². The molecule has 1 aliphatic heterocycles. The predicted molar refractivity (Wildman–Crippen MR) is 104 cm³/mol. The smallest absolute Gasteiger partial charge is 0.257 e. The highest BCUT2D eigenvalue weighted by Crippen LogP contribution is 2.31. The molecule has 1 aromatic carbocycles. The first-order valence-corrected chi connectivity index (χ1v) is 9.72. The minimum Gasteiger partial charge on any atom is -0.440 e. The van der Waals surface area contributed by atoms with Gasteiger partial charge in [-0.15, -0.1) is 0 Å². The normalized spacial score (nSPS) is 15.6. The van der Waals surface area contributed by atoms with E-state index < -0.39 is 0 Å². The molecule has 1 aliphatic rings. The Morgan fingerprint density at radius 2 is 2.00 bits per heavy atom. The summed E-state index contributed by atoms with van der Waals surface area (Å²) < 4.78 is 6.59. The van der Waals surface area contributed by atoms with E-state index in [1.165, 1.54) is 0 Å². The molecule has 1 fully saturated rings. The molecule has 5 nitrogen and oxygen atoms in total. The SMILES string of the molecule is O=C(c1cc(Br)cnc1Cl)N1CCC(c2nc3cc(Cl)ccc3o2)CC1. The molecular formula is C18H14BrCl2N3O2. The number of rotatable bonds is 2. The Bertz CT molecular complexity index is 984. The molecule has 0 bridgehead atoms. The summed E-state index contributed by atoms with van der Waals surface area (Å²) in [5, 5.41) is 0.855. The van der Waals surface area contributed by atoms with Crippen molar-refractivity contribution in [3.63, 3.8) is 0 Å². The van der Waals surface area contributed by atoms with Crippen molar-refractivity contribution in [1.82, 2.24) is 14.9 Å². The largest absolute Gasteiger partial charge is 0.440 e. The van der Waals surface area contributed by atoms with Gasteiger partial charge in [-0.3, -0.25) is 4.79 Å². The fourth-order valence-electron chi connectivity index (χ4n) is 3.17. The number of piperidine rings is 1. The van der Waals surface area contributed by atoms with Crippen LogP contribution in [0.1, 0.15) is 35.0 Å². The van der Waals surface area contributed by atoms with E-state index in [4.69, 9.17) is 27.6 Å². The number of hydrogen-bond donors (Lipinski definition) is 0. The van der Waals surface area contributed by atoms with Crippen LogP contribution in [0.25, 0.3) is 11.1 Å². The number of oxazole rings is 1. The van der Waals surface area contributed by atoms with E-state index in [1.54, 1.807) is 29.3 Å². The second-order valence-corrected chi connectivity index (χ2v) is 7.93. The standard InChI is InChI=1S/C18H14BrCl2N3O2/c19-11-7-13(16(21)22-9-11)18(25)24-5-3-10(4-6-24)17-23-14-8-12(20)1-2-15(14)26-17/h1-2,7-10H,3-6H2. The van der Waals surface area contributed by atoms with E-state index in [2.05, 4.69) is 25.9 Å². The Kier molecular flexibility index (Phi) is 4.90. The molecule has 0 unspecified atom stereocenters. The summed E-state index contributed by atoms with van der Waals surface area (Å²) in [4.78, 5) is 23.1. The van der Waals surface area contributed by atoms with Gasteiger partial charge < -0.3 is 9.32 Å². The summed E-state index contributed by atoms with van der Waals surface area (Å²) in [6, 6.07) is 7.12. The first kappa shape index (κ1) is 17.8. The lowest BCUT2D eigenvalue weighted by molar-refractivity contribution is 0.0706. The highest BCUT2D eigenvalue weighted by atomic mass is 79.9. The van der Waals surface area contributed by atoms with Crippen molar-refractivity contribution >= 4 is 56.1 Å². The van der Waals surface area contributed by atoms with Crippen LogP contribution in [-0.4, -0.2) is 33.9 Å². The third kappa shape index (κ3) is 3.46. The molecule has 0 saturated carbocycles. The summed E-state index contributed by atoms with van der Waals surface area (Å²) in [7, 11) is 0. The Balaban J connectivity index is 1.48. The number of carbonyl (C=O) groups excluding carboxylic acids is 1. The van der Waals surface area contributed by atoms with E-state index in [-0.39, 0.29) is 17.0 Å². The van der Waals surface area contributed by atoms with E-state index in [0.717, 1.165) is 28.4 Å². The average Bonchev–Trinajstić information content (AvgIpc) is 3.06. The van der Waals surface area contributed by atoms with Crippen LogP contribution in [0.4, 0.5) is 0 Å². The number of benzene rings is 1. The Hall–Kier alpha value is -1.63. The average molecular weight is 455 g/mol. The van der Waals surface area contributed by atoms with Gasteiger partial charge in [-0.2, -0.15) is 0 Å². The van der Waals surface area contributed by atoms with E-state index >= 15 is 0 Å². The number of pyridine rings is 1. The van der Waals surface area contributed by atoms with Crippen LogP contribution in [0.3, 0.4) is 0 Å². The topological polar surface area (TPSA) is 59.2 Å². The van der Waals surface area contributed by atoms with Gasteiger partial charge in [0.15, 0.2) is 11.5 Å².